The van der Waals surface area contributed by atoms with E-state index in [9.17, 15) is 4.39 Å². The lowest BCUT2D eigenvalue weighted by molar-refractivity contribution is 0.126. The van der Waals surface area contributed by atoms with Gasteiger partial charge in [-0.05, 0) is 42.0 Å². The van der Waals surface area contributed by atoms with E-state index >= 15 is 0 Å². The van der Waals surface area contributed by atoms with Crippen LogP contribution in [0.25, 0.3) is 0 Å². The Balaban J connectivity index is 2.04. The highest BCUT2D eigenvalue weighted by Crippen LogP contribution is 2.27. The molecule has 2 aromatic carbocycles. The minimum absolute atomic E-state index is 0.0454. The zero-order chi connectivity index (χ0) is 16.9. The lowest BCUT2D eigenvalue weighted by atomic mass is 10.2. The molecule has 0 aliphatic carbocycles. The van der Waals surface area contributed by atoms with E-state index in [1.54, 1.807) is 43.5 Å². The molecule has 0 bridgehead atoms. The molecule has 0 saturated carbocycles. The smallest absolute Gasteiger partial charge is 0.213 e. The number of halogens is 4. The molecule has 124 valence electrons. The number of ether oxygens (including phenoxy) is 2. The predicted molar refractivity (Wildman–Crippen MR) is 92.6 cm³/mol. The molecular weight excluding hydrogens is 364 g/mol. The summed E-state index contributed by atoms with van der Waals surface area (Å²) < 4.78 is 22.8. The molecule has 0 aliphatic heterocycles. The number of benzene rings is 2. The number of hydrogen-bond donors (Lipinski definition) is 1. The Morgan fingerprint density at radius 1 is 1.09 bits per heavy atom. The fourth-order valence-corrected chi connectivity index (χ4v) is 2.10. The highest BCUT2D eigenvalue weighted by Gasteiger charge is 2.19. The molecule has 23 heavy (non-hydrogen) atoms. The van der Waals surface area contributed by atoms with Gasteiger partial charge in [-0.15, -0.1) is 0 Å². The topological polar surface area (TPSA) is 30.5 Å². The molecule has 1 N–H and O–H groups in total. The lowest BCUT2D eigenvalue weighted by Gasteiger charge is -2.13. The van der Waals surface area contributed by atoms with Crippen LogP contribution in [0.2, 0.25) is 0 Å². The van der Waals surface area contributed by atoms with Crippen molar-refractivity contribution < 1.29 is 13.9 Å². The second-order valence-electron chi connectivity index (χ2n) is 4.78. The van der Waals surface area contributed by atoms with Crippen LogP contribution in [0.15, 0.2) is 42.5 Å². The molecule has 0 fully saturated rings. The summed E-state index contributed by atoms with van der Waals surface area (Å²) in [7, 11) is 1.59. The van der Waals surface area contributed by atoms with Crippen LogP contribution in [0.3, 0.4) is 0 Å². The third kappa shape index (κ3) is 6.07. The van der Waals surface area contributed by atoms with E-state index in [1.807, 2.05) is 0 Å². The van der Waals surface area contributed by atoms with Gasteiger partial charge < -0.3 is 14.8 Å². The number of alkyl halides is 3. The van der Waals surface area contributed by atoms with Gasteiger partial charge in [-0.1, -0.05) is 40.9 Å². The standard InChI is InChI=1S/C16H15Cl3FNO2/c1-22-13-5-3-12(4-6-13)21-15-8-11(2-7-14(15)20)9-23-10-16(17,18)19/h2-8,21H,9-10H2,1H3. The molecule has 2 aromatic rings. The van der Waals surface area contributed by atoms with Crippen LogP contribution in [-0.2, 0) is 11.3 Å². The Labute approximate surface area is 149 Å². The van der Waals surface area contributed by atoms with Crippen LogP contribution in [0.1, 0.15) is 5.56 Å². The first-order valence-electron chi connectivity index (χ1n) is 6.71. The van der Waals surface area contributed by atoms with Crippen molar-refractivity contribution in [1.82, 2.24) is 0 Å². The maximum absolute atomic E-state index is 13.9. The Kier molecular flexibility index (Phi) is 6.36. The van der Waals surface area contributed by atoms with Crippen LogP contribution in [0.4, 0.5) is 15.8 Å². The van der Waals surface area contributed by atoms with Gasteiger partial charge in [-0.25, -0.2) is 4.39 Å². The predicted octanol–water partition coefficient (Wildman–Crippen LogP) is 5.46. The molecule has 0 radical (unpaired) electrons. The summed E-state index contributed by atoms with van der Waals surface area (Å²) in [6.45, 7) is 0.168. The molecule has 0 aliphatic rings. The van der Waals surface area contributed by atoms with Crippen molar-refractivity contribution >= 4 is 46.2 Å². The minimum atomic E-state index is -1.47. The summed E-state index contributed by atoms with van der Waals surface area (Å²) in [6, 6.07) is 11.8. The minimum Gasteiger partial charge on any atom is -0.497 e. The van der Waals surface area contributed by atoms with Crippen molar-refractivity contribution in [2.75, 3.05) is 19.0 Å². The first-order valence-corrected chi connectivity index (χ1v) is 7.85. The van der Waals surface area contributed by atoms with Gasteiger partial charge in [0.2, 0.25) is 3.79 Å². The van der Waals surface area contributed by atoms with Gasteiger partial charge in [0.1, 0.15) is 11.6 Å². The second kappa shape index (κ2) is 8.06. The highest BCUT2D eigenvalue weighted by atomic mass is 35.6. The summed E-state index contributed by atoms with van der Waals surface area (Å²) in [5.74, 6) is 0.357. The molecule has 0 unspecified atom stereocenters. The Hall–Kier alpha value is -1.20. The first kappa shape index (κ1) is 18.1. The Bertz CT molecular complexity index is 645. The van der Waals surface area contributed by atoms with E-state index < -0.39 is 3.79 Å². The van der Waals surface area contributed by atoms with Crippen molar-refractivity contribution in [1.29, 1.82) is 0 Å². The normalized spacial score (nSPS) is 11.3. The van der Waals surface area contributed by atoms with Crippen LogP contribution in [0.5, 0.6) is 5.75 Å². The molecule has 0 atom stereocenters. The van der Waals surface area contributed by atoms with E-state index in [2.05, 4.69) is 5.32 Å². The maximum atomic E-state index is 13.9. The molecule has 0 amide bonds. The van der Waals surface area contributed by atoms with E-state index in [4.69, 9.17) is 44.3 Å². The number of methoxy groups -OCH3 is 1. The summed E-state index contributed by atoms with van der Waals surface area (Å²) in [5, 5.41) is 3.01. The van der Waals surface area contributed by atoms with Crippen molar-refractivity contribution in [2.45, 2.75) is 10.4 Å². The van der Waals surface area contributed by atoms with Crippen LogP contribution in [0, 0.1) is 5.82 Å². The van der Waals surface area contributed by atoms with Gasteiger partial charge in [0.25, 0.3) is 0 Å². The maximum Gasteiger partial charge on any atom is 0.213 e. The highest BCUT2D eigenvalue weighted by molar-refractivity contribution is 6.67. The third-order valence-corrected chi connectivity index (χ3v) is 3.26. The SMILES string of the molecule is COc1ccc(Nc2cc(COCC(Cl)(Cl)Cl)ccc2F)cc1. The van der Waals surface area contributed by atoms with E-state index in [0.717, 1.165) is 17.0 Å². The van der Waals surface area contributed by atoms with Gasteiger partial charge >= 0.3 is 0 Å². The lowest BCUT2D eigenvalue weighted by Crippen LogP contribution is -2.12. The van der Waals surface area contributed by atoms with E-state index in [1.165, 1.54) is 6.07 Å². The summed E-state index contributed by atoms with van der Waals surface area (Å²) in [4.78, 5) is 0. The van der Waals surface area contributed by atoms with Crippen LogP contribution >= 0.6 is 34.8 Å². The fourth-order valence-electron chi connectivity index (χ4n) is 1.87. The zero-order valence-corrected chi connectivity index (χ0v) is 14.6. The van der Waals surface area contributed by atoms with Gasteiger partial charge in [-0.3, -0.25) is 0 Å². The van der Waals surface area contributed by atoms with Crippen LogP contribution < -0.4 is 10.1 Å². The average Bonchev–Trinajstić information content (AvgIpc) is 2.50. The van der Waals surface area contributed by atoms with Crippen molar-refractivity contribution in [3.63, 3.8) is 0 Å². The zero-order valence-electron chi connectivity index (χ0n) is 12.3. The summed E-state index contributed by atoms with van der Waals surface area (Å²) >= 11 is 16.8. The van der Waals surface area contributed by atoms with Gasteiger partial charge in [0.15, 0.2) is 0 Å². The largest absolute Gasteiger partial charge is 0.497 e. The Morgan fingerprint density at radius 3 is 2.39 bits per heavy atom. The number of rotatable bonds is 6. The molecule has 0 heterocycles. The molecule has 7 heteroatoms. The number of nitrogens with one attached hydrogen (secondary N) is 1. The van der Waals surface area contributed by atoms with Crippen LogP contribution in [-0.4, -0.2) is 17.5 Å². The van der Waals surface area contributed by atoms with Gasteiger partial charge in [0, 0.05) is 5.69 Å². The molecule has 0 aromatic heterocycles. The molecule has 0 saturated heterocycles. The summed E-state index contributed by atoms with van der Waals surface area (Å²) in [6.07, 6.45) is 0. The van der Waals surface area contributed by atoms with Gasteiger partial charge in [-0.2, -0.15) is 0 Å². The molecule has 0 spiro atoms. The second-order valence-corrected chi connectivity index (χ2v) is 7.29. The number of anilines is 2. The van der Waals surface area contributed by atoms with Crippen molar-refractivity contribution in [3.8, 4) is 5.75 Å². The first-order chi connectivity index (χ1) is 10.9. The summed E-state index contributed by atoms with van der Waals surface area (Å²) in [5.41, 5.74) is 1.84. The van der Waals surface area contributed by atoms with E-state index in [0.29, 0.717) is 5.69 Å². The average molecular weight is 379 g/mol. The van der Waals surface area contributed by atoms with Gasteiger partial charge in [0.05, 0.1) is 26.0 Å². The monoisotopic (exact) mass is 377 g/mol. The van der Waals surface area contributed by atoms with E-state index in [-0.39, 0.29) is 19.0 Å². The molecular formula is C16H15Cl3FNO2. The van der Waals surface area contributed by atoms with Crippen molar-refractivity contribution in [2.24, 2.45) is 0 Å². The molecule has 2 rings (SSSR count). The quantitative estimate of drug-likeness (QED) is 0.677. The fraction of sp³-hybridized carbons (Fsp3) is 0.250. The third-order valence-electron chi connectivity index (χ3n) is 2.93. The Morgan fingerprint density at radius 2 is 1.78 bits per heavy atom. The molecule has 3 nitrogen and oxygen atoms in total. The van der Waals surface area contributed by atoms with Crippen molar-refractivity contribution in [3.05, 3.63) is 53.8 Å². The number of hydrogen-bond acceptors (Lipinski definition) is 3.